The summed E-state index contributed by atoms with van der Waals surface area (Å²) in [6, 6.07) is 3.45. The van der Waals surface area contributed by atoms with Gasteiger partial charge in [-0.2, -0.15) is 0 Å². The number of ether oxygens (including phenoxy) is 1. The van der Waals surface area contributed by atoms with Crippen molar-refractivity contribution < 1.29 is 18.3 Å². The molecule has 114 valence electrons. The second-order valence-corrected chi connectivity index (χ2v) is 5.80. The van der Waals surface area contributed by atoms with Crippen molar-refractivity contribution in [3.05, 3.63) is 35.4 Å². The quantitative estimate of drug-likeness (QED) is 0.803. The van der Waals surface area contributed by atoms with Gasteiger partial charge in [0.25, 0.3) is 0 Å². The molecule has 0 radical (unpaired) electrons. The zero-order chi connectivity index (χ0) is 14.9. The molecule has 3 nitrogen and oxygen atoms in total. The average Bonchev–Trinajstić information content (AvgIpc) is 3.01. The summed E-state index contributed by atoms with van der Waals surface area (Å²) in [6.07, 6.45) is 3.55. The van der Waals surface area contributed by atoms with E-state index in [9.17, 15) is 13.6 Å². The number of Topliss-reactive ketones (excluding diaryl/α,β-unsaturated/α-hetero) is 1. The lowest BCUT2D eigenvalue weighted by atomic mass is 9.85. The van der Waals surface area contributed by atoms with E-state index in [1.165, 1.54) is 6.07 Å². The minimum atomic E-state index is -0.962. The standard InChI is InChI=1S/C16H19F2NO2/c17-13-4-3-12(11-14(13)18)15(20)16(5-1-2-6-16)19-7-9-21-10-8-19/h3-4,11H,1-2,5-10H2. The molecule has 3 rings (SSSR count). The van der Waals surface area contributed by atoms with Crippen LogP contribution >= 0.6 is 0 Å². The minimum absolute atomic E-state index is 0.0826. The van der Waals surface area contributed by atoms with Crippen molar-refractivity contribution in [1.82, 2.24) is 4.90 Å². The van der Waals surface area contributed by atoms with E-state index in [-0.39, 0.29) is 11.3 Å². The highest BCUT2D eigenvalue weighted by Gasteiger charge is 2.46. The Hall–Kier alpha value is -1.33. The number of hydrogen-bond donors (Lipinski definition) is 0. The lowest BCUT2D eigenvalue weighted by Crippen LogP contribution is -2.56. The van der Waals surface area contributed by atoms with Crippen molar-refractivity contribution in [2.45, 2.75) is 31.2 Å². The van der Waals surface area contributed by atoms with Crippen molar-refractivity contribution in [3.8, 4) is 0 Å². The molecule has 0 bridgehead atoms. The van der Waals surface area contributed by atoms with Gasteiger partial charge in [-0.25, -0.2) is 8.78 Å². The molecule has 1 saturated carbocycles. The monoisotopic (exact) mass is 295 g/mol. The summed E-state index contributed by atoms with van der Waals surface area (Å²) >= 11 is 0. The molecular weight excluding hydrogens is 276 g/mol. The number of nitrogens with zero attached hydrogens (tertiary/aromatic N) is 1. The Morgan fingerprint density at radius 3 is 2.38 bits per heavy atom. The number of morpholine rings is 1. The Balaban J connectivity index is 1.92. The molecule has 2 fully saturated rings. The van der Waals surface area contributed by atoms with Gasteiger partial charge in [-0.1, -0.05) is 12.8 Å². The summed E-state index contributed by atoms with van der Waals surface area (Å²) in [6.45, 7) is 2.67. The number of ketones is 1. The number of benzene rings is 1. The smallest absolute Gasteiger partial charge is 0.183 e. The molecule has 1 aliphatic carbocycles. The second-order valence-electron chi connectivity index (χ2n) is 5.80. The Morgan fingerprint density at radius 1 is 1.10 bits per heavy atom. The third-order valence-electron chi connectivity index (χ3n) is 4.65. The van der Waals surface area contributed by atoms with Gasteiger partial charge in [0.2, 0.25) is 0 Å². The predicted octanol–water partition coefficient (Wildman–Crippen LogP) is 2.79. The van der Waals surface area contributed by atoms with E-state index in [0.29, 0.717) is 13.2 Å². The maximum absolute atomic E-state index is 13.4. The number of carbonyl (C=O) groups excluding carboxylic acids is 1. The van der Waals surface area contributed by atoms with Gasteiger partial charge in [-0.15, -0.1) is 0 Å². The third kappa shape index (κ3) is 2.60. The Kier molecular flexibility index (Phi) is 4.04. The van der Waals surface area contributed by atoms with Crippen LogP contribution in [-0.4, -0.2) is 42.5 Å². The summed E-state index contributed by atoms with van der Waals surface area (Å²) < 4.78 is 31.9. The molecule has 1 heterocycles. The summed E-state index contributed by atoms with van der Waals surface area (Å²) in [4.78, 5) is 15.1. The number of carbonyl (C=O) groups is 1. The van der Waals surface area contributed by atoms with E-state index in [1.54, 1.807) is 0 Å². The number of halogens is 2. The second kappa shape index (κ2) is 5.81. The maximum Gasteiger partial charge on any atom is 0.183 e. The zero-order valence-corrected chi connectivity index (χ0v) is 11.9. The van der Waals surface area contributed by atoms with Crippen molar-refractivity contribution >= 4 is 5.78 Å². The molecular formula is C16H19F2NO2. The topological polar surface area (TPSA) is 29.5 Å². The van der Waals surface area contributed by atoms with Crippen LogP contribution in [0.5, 0.6) is 0 Å². The van der Waals surface area contributed by atoms with Gasteiger partial charge in [0.15, 0.2) is 17.4 Å². The molecule has 5 heteroatoms. The molecule has 0 N–H and O–H groups in total. The first-order valence-electron chi connectivity index (χ1n) is 7.46. The molecule has 1 saturated heterocycles. The molecule has 21 heavy (non-hydrogen) atoms. The van der Waals surface area contributed by atoms with Crippen LogP contribution < -0.4 is 0 Å². The van der Waals surface area contributed by atoms with Gasteiger partial charge in [0, 0.05) is 18.7 Å². The number of rotatable bonds is 3. The summed E-state index contributed by atoms with van der Waals surface area (Å²) in [5.74, 6) is -1.96. The van der Waals surface area contributed by atoms with E-state index in [4.69, 9.17) is 4.74 Å². The van der Waals surface area contributed by atoms with Gasteiger partial charge in [0.1, 0.15) is 0 Å². The molecule has 0 unspecified atom stereocenters. The Bertz CT molecular complexity index is 535. The van der Waals surface area contributed by atoms with Crippen molar-refractivity contribution in [3.63, 3.8) is 0 Å². The van der Waals surface area contributed by atoms with E-state index in [2.05, 4.69) is 4.90 Å². The molecule has 1 aromatic carbocycles. The highest BCUT2D eigenvalue weighted by molar-refractivity contribution is 6.03. The Labute approximate surface area is 122 Å². The van der Waals surface area contributed by atoms with Gasteiger partial charge < -0.3 is 4.74 Å². The van der Waals surface area contributed by atoms with Crippen LogP contribution in [0.25, 0.3) is 0 Å². The van der Waals surface area contributed by atoms with Crippen LogP contribution in [0.2, 0.25) is 0 Å². The minimum Gasteiger partial charge on any atom is -0.379 e. The lowest BCUT2D eigenvalue weighted by molar-refractivity contribution is -0.0130. The molecule has 0 aromatic heterocycles. The fourth-order valence-electron chi connectivity index (χ4n) is 3.54. The molecule has 1 aliphatic heterocycles. The normalized spacial score (nSPS) is 22.4. The summed E-state index contributed by atoms with van der Waals surface area (Å²) in [7, 11) is 0. The number of hydrogen-bond acceptors (Lipinski definition) is 3. The van der Waals surface area contributed by atoms with Gasteiger partial charge in [0.05, 0.1) is 18.8 Å². The molecule has 1 aromatic rings. The van der Waals surface area contributed by atoms with E-state index in [0.717, 1.165) is 50.9 Å². The largest absolute Gasteiger partial charge is 0.379 e. The first-order chi connectivity index (χ1) is 10.1. The van der Waals surface area contributed by atoms with Crippen LogP contribution in [0.3, 0.4) is 0 Å². The molecule has 0 amide bonds. The highest BCUT2D eigenvalue weighted by Crippen LogP contribution is 2.38. The van der Waals surface area contributed by atoms with E-state index >= 15 is 0 Å². The lowest BCUT2D eigenvalue weighted by Gasteiger charge is -2.42. The van der Waals surface area contributed by atoms with Gasteiger partial charge >= 0.3 is 0 Å². The fourth-order valence-corrected chi connectivity index (χ4v) is 3.54. The van der Waals surface area contributed by atoms with E-state index < -0.39 is 17.2 Å². The maximum atomic E-state index is 13.4. The fraction of sp³-hybridized carbons (Fsp3) is 0.562. The van der Waals surface area contributed by atoms with Crippen molar-refractivity contribution in [2.24, 2.45) is 0 Å². The molecule has 2 aliphatic rings. The van der Waals surface area contributed by atoms with Crippen LogP contribution in [-0.2, 0) is 4.74 Å². The van der Waals surface area contributed by atoms with Crippen molar-refractivity contribution in [1.29, 1.82) is 0 Å². The van der Waals surface area contributed by atoms with Crippen LogP contribution in [0.4, 0.5) is 8.78 Å². The SMILES string of the molecule is O=C(c1ccc(F)c(F)c1)C1(N2CCOCC2)CCCC1. The zero-order valence-electron chi connectivity index (χ0n) is 11.9. The predicted molar refractivity (Wildman–Crippen MR) is 74.3 cm³/mol. The van der Waals surface area contributed by atoms with E-state index in [1.807, 2.05) is 0 Å². The van der Waals surface area contributed by atoms with Gasteiger partial charge in [-0.05, 0) is 31.0 Å². The Morgan fingerprint density at radius 2 is 1.76 bits per heavy atom. The van der Waals surface area contributed by atoms with Crippen LogP contribution in [0.1, 0.15) is 36.0 Å². The average molecular weight is 295 g/mol. The van der Waals surface area contributed by atoms with Crippen molar-refractivity contribution in [2.75, 3.05) is 26.3 Å². The first kappa shape index (κ1) is 14.6. The molecule has 0 spiro atoms. The molecule has 0 atom stereocenters. The van der Waals surface area contributed by atoms with Crippen LogP contribution in [0, 0.1) is 11.6 Å². The third-order valence-corrected chi connectivity index (χ3v) is 4.65. The van der Waals surface area contributed by atoms with Gasteiger partial charge in [-0.3, -0.25) is 9.69 Å². The first-order valence-corrected chi connectivity index (χ1v) is 7.46. The summed E-state index contributed by atoms with van der Waals surface area (Å²) in [5, 5.41) is 0. The van der Waals surface area contributed by atoms with Crippen LogP contribution in [0.15, 0.2) is 18.2 Å². The highest BCUT2D eigenvalue weighted by atomic mass is 19.2. The summed E-state index contributed by atoms with van der Waals surface area (Å²) in [5.41, 5.74) is -0.295.